The number of nitrogens with zero attached hydrogens (tertiary/aromatic N) is 2. The number of halogens is 2. The summed E-state index contributed by atoms with van der Waals surface area (Å²) >= 11 is 0. The van der Waals surface area contributed by atoms with E-state index in [0.29, 0.717) is 32.6 Å². The predicted molar refractivity (Wildman–Crippen MR) is 95.9 cm³/mol. The summed E-state index contributed by atoms with van der Waals surface area (Å²) in [5.74, 6) is -1.56. The van der Waals surface area contributed by atoms with Crippen molar-refractivity contribution in [3.05, 3.63) is 29.8 Å². The van der Waals surface area contributed by atoms with E-state index in [1.165, 1.54) is 6.07 Å². The lowest BCUT2D eigenvalue weighted by Gasteiger charge is -2.25. The van der Waals surface area contributed by atoms with Gasteiger partial charge in [0, 0.05) is 37.8 Å². The minimum Gasteiger partial charge on any atom is -0.350 e. The van der Waals surface area contributed by atoms with E-state index in [9.17, 15) is 18.4 Å². The lowest BCUT2D eigenvalue weighted by molar-refractivity contribution is -0.123. The topological polar surface area (TPSA) is 64.7 Å². The van der Waals surface area contributed by atoms with Gasteiger partial charge >= 0.3 is 6.03 Å². The highest BCUT2D eigenvalue weighted by Crippen LogP contribution is 2.16. The maximum atomic E-state index is 13.7. The lowest BCUT2D eigenvalue weighted by Crippen LogP contribution is -2.46. The van der Waals surface area contributed by atoms with Crippen LogP contribution in [0.5, 0.6) is 0 Å². The van der Waals surface area contributed by atoms with Crippen LogP contribution in [0.1, 0.15) is 27.2 Å². The number of nitrogens with one attached hydrogen (secondary N) is 2. The summed E-state index contributed by atoms with van der Waals surface area (Å²) in [6.07, 6.45) is 0.710. The maximum absolute atomic E-state index is 13.7. The zero-order chi connectivity index (χ0) is 19.3. The Balaban J connectivity index is 1.87. The molecule has 1 aliphatic heterocycles. The maximum Gasteiger partial charge on any atom is 0.321 e. The monoisotopic (exact) mass is 368 g/mol. The van der Waals surface area contributed by atoms with Crippen molar-refractivity contribution < 1.29 is 18.4 Å². The molecule has 0 spiro atoms. The van der Waals surface area contributed by atoms with E-state index in [1.807, 2.05) is 25.7 Å². The fourth-order valence-corrected chi connectivity index (χ4v) is 2.78. The average molecular weight is 368 g/mol. The number of benzene rings is 1. The van der Waals surface area contributed by atoms with E-state index in [4.69, 9.17) is 0 Å². The Morgan fingerprint density at radius 1 is 1.12 bits per heavy atom. The zero-order valence-corrected chi connectivity index (χ0v) is 15.4. The first kappa shape index (κ1) is 20.1. The molecule has 1 aliphatic rings. The minimum absolute atomic E-state index is 0.0521. The molecular formula is C18H26F2N4O2. The summed E-state index contributed by atoms with van der Waals surface area (Å²) in [6.45, 7) is 8.24. The first-order chi connectivity index (χ1) is 12.1. The van der Waals surface area contributed by atoms with Crippen LogP contribution in [0.15, 0.2) is 18.2 Å². The van der Waals surface area contributed by atoms with Crippen LogP contribution in [0.25, 0.3) is 0 Å². The molecule has 8 heteroatoms. The number of hydrogen-bond acceptors (Lipinski definition) is 3. The van der Waals surface area contributed by atoms with Crippen molar-refractivity contribution in [3.8, 4) is 0 Å². The van der Waals surface area contributed by atoms with E-state index in [2.05, 4.69) is 10.6 Å². The van der Waals surface area contributed by atoms with E-state index in [1.54, 1.807) is 4.90 Å². The highest BCUT2D eigenvalue weighted by molar-refractivity contribution is 5.89. The summed E-state index contributed by atoms with van der Waals surface area (Å²) in [5.41, 5.74) is -0.337. The van der Waals surface area contributed by atoms with Crippen LogP contribution in [-0.2, 0) is 4.79 Å². The molecule has 26 heavy (non-hydrogen) atoms. The first-order valence-corrected chi connectivity index (χ1v) is 8.68. The van der Waals surface area contributed by atoms with Crippen LogP contribution >= 0.6 is 0 Å². The van der Waals surface area contributed by atoms with Gasteiger partial charge in [0.15, 0.2) is 0 Å². The molecule has 2 rings (SSSR count). The largest absolute Gasteiger partial charge is 0.350 e. The second kappa shape index (κ2) is 8.44. The van der Waals surface area contributed by atoms with Crippen LogP contribution < -0.4 is 10.6 Å². The van der Waals surface area contributed by atoms with Gasteiger partial charge in [-0.1, -0.05) is 0 Å². The van der Waals surface area contributed by atoms with Crippen LogP contribution in [-0.4, -0.2) is 60.0 Å². The predicted octanol–water partition coefficient (Wildman–Crippen LogP) is 2.42. The number of hydrogen-bond donors (Lipinski definition) is 2. The van der Waals surface area contributed by atoms with Crippen molar-refractivity contribution in [2.45, 2.75) is 32.7 Å². The first-order valence-electron chi connectivity index (χ1n) is 8.68. The van der Waals surface area contributed by atoms with Crippen molar-refractivity contribution in [3.63, 3.8) is 0 Å². The summed E-state index contributed by atoms with van der Waals surface area (Å²) < 4.78 is 26.6. The SMILES string of the molecule is CC(C)(C)NC(=O)CN1CCCN(C(=O)Nc2ccc(F)cc2F)CC1. The van der Waals surface area contributed by atoms with Gasteiger partial charge < -0.3 is 15.5 Å². The van der Waals surface area contributed by atoms with E-state index >= 15 is 0 Å². The molecule has 2 N–H and O–H groups in total. The van der Waals surface area contributed by atoms with E-state index in [0.717, 1.165) is 12.1 Å². The van der Waals surface area contributed by atoms with Crippen molar-refractivity contribution in [2.75, 3.05) is 38.0 Å². The van der Waals surface area contributed by atoms with Crippen LogP contribution in [0.4, 0.5) is 19.3 Å². The third-order valence-corrected chi connectivity index (χ3v) is 3.93. The van der Waals surface area contributed by atoms with Gasteiger partial charge in [-0.05, 0) is 39.3 Å². The van der Waals surface area contributed by atoms with E-state index in [-0.39, 0.29) is 23.7 Å². The standard InChI is InChI=1S/C18H26F2N4O2/c1-18(2,3)22-16(25)12-23-7-4-8-24(10-9-23)17(26)21-15-6-5-13(19)11-14(15)20/h5-6,11H,4,7-10,12H2,1-3H3,(H,21,26)(H,22,25). The van der Waals surface area contributed by atoms with Crippen LogP contribution in [0.3, 0.4) is 0 Å². The smallest absolute Gasteiger partial charge is 0.321 e. The summed E-state index contributed by atoms with van der Waals surface area (Å²) in [6, 6.07) is 2.59. The Morgan fingerprint density at radius 3 is 2.50 bits per heavy atom. The highest BCUT2D eigenvalue weighted by Gasteiger charge is 2.22. The minimum atomic E-state index is -0.811. The second-order valence-corrected chi connectivity index (χ2v) is 7.47. The molecule has 0 unspecified atom stereocenters. The zero-order valence-electron chi connectivity index (χ0n) is 15.4. The average Bonchev–Trinajstić information content (AvgIpc) is 2.73. The molecule has 0 aromatic heterocycles. The van der Waals surface area contributed by atoms with Gasteiger partial charge in [0.25, 0.3) is 0 Å². The highest BCUT2D eigenvalue weighted by atomic mass is 19.1. The van der Waals surface area contributed by atoms with Crippen molar-refractivity contribution in [1.82, 2.24) is 15.1 Å². The number of carbonyl (C=O) groups excluding carboxylic acids is 2. The summed E-state index contributed by atoms with van der Waals surface area (Å²) in [5, 5.41) is 5.39. The molecule has 0 radical (unpaired) electrons. The normalized spacial score (nSPS) is 16.1. The molecule has 0 aliphatic carbocycles. The lowest BCUT2D eigenvalue weighted by atomic mass is 10.1. The van der Waals surface area contributed by atoms with Gasteiger partial charge in [-0.3, -0.25) is 9.69 Å². The molecule has 1 fully saturated rings. The van der Waals surface area contributed by atoms with E-state index < -0.39 is 17.7 Å². The fraction of sp³-hybridized carbons (Fsp3) is 0.556. The quantitative estimate of drug-likeness (QED) is 0.861. The number of anilines is 1. The molecule has 1 aromatic carbocycles. The number of rotatable bonds is 3. The Hall–Kier alpha value is -2.22. The number of carbonyl (C=O) groups is 2. The van der Waals surface area contributed by atoms with Gasteiger partial charge in [-0.2, -0.15) is 0 Å². The number of urea groups is 1. The molecule has 0 saturated carbocycles. The molecule has 3 amide bonds. The van der Waals surface area contributed by atoms with Gasteiger partial charge in [-0.25, -0.2) is 13.6 Å². The Labute approximate surface area is 152 Å². The van der Waals surface area contributed by atoms with Crippen molar-refractivity contribution in [1.29, 1.82) is 0 Å². The molecule has 0 bridgehead atoms. The van der Waals surface area contributed by atoms with Gasteiger partial charge in [0.05, 0.1) is 12.2 Å². The Kier molecular flexibility index (Phi) is 6.52. The molecule has 1 heterocycles. The second-order valence-electron chi connectivity index (χ2n) is 7.47. The molecule has 1 saturated heterocycles. The molecular weight excluding hydrogens is 342 g/mol. The van der Waals surface area contributed by atoms with Crippen molar-refractivity contribution in [2.24, 2.45) is 0 Å². The van der Waals surface area contributed by atoms with Gasteiger partial charge in [0.2, 0.25) is 5.91 Å². The van der Waals surface area contributed by atoms with Gasteiger partial charge in [-0.15, -0.1) is 0 Å². The molecule has 6 nitrogen and oxygen atoms in total. The molecule has 144 valence electrons. The summed E-state index contributed by atoms with van der Waals surface area (Å²) in [7, 11) is 0. The fourth-order valence-electron chi connectivity index (χ4n) is 2.78. The van der Waals surface area contributed by atoms with Gasteiger partial charge in [0.1, 0.15) is 11.6 Å². The Morgan fingerprint density at radius 2 is 1.85 bits per heavy atom. The van der Waals surface area contributed by atoms with Crippen LogP contribution in [0.2, 0.25) is 0 Å². The molecule has 0 atom stereocenters. The van der Waals surface area contributed by atoms with Crippen molar-refractivity contribution >= 4 is 17.6 Å². The Bertz CT molecular complexity index is 661. The third-order valence-electron chi connectivity index (χ3n) is 3.93. The summed E-state index contributed by atoms with van der Waals surface area (Å²) in [4.78, 5) is 27.9. The third kappa shape index (κ3) is 6.25. The number of amides is 3. The molecule has 1 aromatic rings. The van der Waals surface area contributed by atoms with Crippen LogP contribution in [0, 0.1) is 11.6 Å².